The molecular formula is C14H19N3O3S2. The van der Waals surface area contributed by atoms with Gasteiger partial charge in [0.25, 0.3) is 10.0 Å². The maximum Gasteiger partial charge on any atom is 0.252 e. The fourth-order valence-corrected chi connectivity index (χ4v) is 5.22. The van der Waals surface area contributed by atoms with Gasteiger partial charge in [-0.25, -0.2) is 8.42 Å². The van der Waals surface area contributed by atoms with Crippen molar-refractivity contribution in [1.29, 1.82) is 0 Å². The van der Waals surface area contributed by atoms with E-state index in [2.05, 4.69) is 10.1 Å². The van der Waals surface area contributed by atoms with Crippen LogP contribution in [-0.4, -0.2) is 36.0 Å². The average molecular weight is 341 g/mol. The quantitative estimate of drug-likeness (QED) is 0.854. The highest BCUT2D eigenvalue weighted by atomic mass is 32.2. The average Bonchev–Trinajstić information content (AvgIpc) is 3.19. The van der Waals surface area contributed by atoms with E-state index < -0.39 is 10.0 Å². The van der Waals surface area contributed by atoms with Crippen molar-refractivity contribution in [3.05, 3.63) is 29.2 Å². The molecule has 120 valence electrons. The van der Waals surface area contributed by atoms with E-state index in [0.29, 0.717) is 29.0 Å². The van der Waals surface area contributed by atoms with E-state index >= 15 is 0 Å². The second-order valence-electron chi connectivity index (χ2n) is 5.78. The van der Waals surface area contributed by atoms with Crippen LogP contribution < -0.4 is 0 Å². The smallest absolute Gasteiger partial charge is 0.252 e. The van der Waals surface area contributed by atoms with Crippen molar-refractivity contribution in [1.82, 2.24) is 14.4 Å². The summed E-state index contributed by atoms with van der Waals surface area (Å²) >= 11 is 1.25. The molecule has 2 aromatic heterocycles. The molecule has 1 aliphatic rings. The predicted molar refractivity (Wildman–Crippen MR) is 83.4 cm³/mol. The molecule has 1 saturated heterocycles. The van der Waals surface area contributed by atoms with Gasteiger partial charge in [0.1, 0.15) is 4.21 Å². The van der Waals surface area contributed by atoms with Crippen LogP contribution in [-0.2, 0) is 10.0 Å². The van der Waals surface area contributed by atoms with E-state index in [1.54, 1.807) is 17.5 Å². The standard InChI is InChI=1S/C14H19N3O3S2/c1-10(2)13-15-14(20-16-13)11-5-3-7-17(9-11)22(18,19)12-6-4-8-21-12/h4,6,8,10-11H,3,5,7,9H2,1-2H3. The highest BCUT2D eigenvalue weighted by molar-refractivity contribution is 7.91. The van der Waals surface area contributed by atoms with E-state index in [-0.39, 0.29) is 11.8 Å². The predicted octanol–water partition coefficient (Wildman–Crippen LogP) is 2.82. The Hall–Kier alpha value is -1.25. The lowest BCUT2D eigenvalue weighted by Crippen LogP contribution is -2.38. The first-order valence-electron chi connectivity index (χ1n) is 7.35. The zero-order valence-electron chi connectivity index (χ0n) is 12.6. The van der Waals surface area contributed by atoms with Crippen LogP contribution in [0.3, 0.4) is 0 Å². The molecule has 0 spiro atoms. The lowest BCUT2D eigenvalue weighted by atomic mass is 10.00. The maximum atomic E-state index is 12.6. The third kappa shape index (κ3) is 2.95. The van der Waals surface area contributed by atoms with Crippen LogP contribution in [0.2, 0.25) is 0 Å². The van der Waals surface area contributed by atoms with Crippen LogP contribution in [0.25, 0.3) is 0 Å². The highest BCUT2D eigenvalue weighted by Crippen LogP contribution is 2.31. The van der Waals surface area contributed by atoms with Crippen LogP contribution >= 0.6 is 11.3 Å². The Labute approximate surface area is 134 Å². The summed E-state index contributed by atoms with van der Waals surface area (Å²) in [5.74, 6) is 1.40. The molecule has 3 heterocycles. The summed E-state index contributed by atoms with van der Waals surface area (Å²) in [6, 6.07) is 3.40. The summed E-state index contributed by atoms with van der Waals surface area (Å²) in [6.45, 7) is 4.95. The summed E-state index contributed by atoms with van der Waals surface area (Å²) in [5.41, 5.74) is 0. The number of sulfonamides is 1. The number of hydrogen-bond acceptors (Lipinski definition) is 6. The molecule has 0 aliphatic carbocycles. The first-order chi connectivity index (χ1) is 10.5. The number of thiophene rings is 1. The lowest BCUT2D eigenvalue weighted by molar-refractivity contribution is 0.265. The molecular weight excluding hydrogens is 322 g/mol. The van der Waals surface area contributed by atoms with Crippen molar-refractivity contribution in [2.45, 2.75) is 42.7 Å². The minimum atomic E-state index is -3.41. The van der Waals surface area contributed by atoms with Crippen LogP contribution in [0, 0.1) is 0 Å². The van der Waals surface area contributed by atoms with E-state index in [9.17, 15) is 8.42 Å². The molecule has 0 N–H and O–H groups in total. The zero-order valence-corrected chi connectivity index (χ0v) is 14.2. The van der Waals surface area contributed by atoms with Gasteiger partial charge in [-0.2, -0.15) is 9.29 Å². The molecule has 0 bridgehead atoms. The third-order valence-corrected chi connectivity index (χ3v) is 7.03. The Bertz CT molecular complexity index is 722. The van der Waals surface area contributed by atoms with E-state index in [0.717, 1.165) is 12.8 Å². The molecule has 2 aromatic rings. The molecule has 22 heavy (non-hydrogen) atoms. The molecule has 0 amide bonds. The second-order valence-corrected chi connectivity index (χ2v) is 8.89. The summed E-state index contributed by atoms with van der Waals surface area (Å²) in [5, 5.41) is 5.75. The normalized spacial score (nSPS) is 20.6. The fraction of sp³-hybridized carbons (Fsp3) is 0.571. The largest absolute Gasteiger partial charge is 0.339 e. The van der Waals surface area contributed by atoms with E-state index in [1.165, 1.54) is 15.6 Å². The van der Waals surface area contributed by atoms with Crippen molar-refractivity contribution in [3.8, 4) is 0 Å². The van der Waals surface area contributed by atoms with Crippen LogP contribution in [0.4, 0.5) is 0 Å². The van der Waals surface area contributed by atoms with Crippen LogP contribution in [0.5, 0.6) is 0 Å². The minimum absolute atomic E-state index is 0.0245. The van der Waals surface area contributed by atoms with Gasteiger partial charge < -0.3 is 4.52 Å². The topological polar surface area (TPSA) is 76.3 Å². The summed E-state index contributed by atoms with van der Waals surface area (Å²) in [6.07, 6.45) is 1.67. The monoisotopic (exact) mass is 341 g/mol. The molecule has 1 unspecified atom stereocenters. The molecule has 8 heteroatoms. The molecule has 0 radical (unpaired) electrons. The molecule has 1 atom stereocenters. The maximum absolute atomic E-state index is 12.6. The summed E-state index contributed by atoms with van der Waals surface area (Å²) < 4.78 is 32.5. The van der Waals surface area contributed by atoms with Gasteiger partial charge in [0, 0.05) is 19.0 Å². The van der Waals surface area contributed by atoms with Gasteiger partial charge in [0.15, 0.2) is 5.82 Å². The van der Waals surface area contributed by atoms with Gasteiger partial charge in [0.2, 0.25) is 5.89 Å². The van der Waals surface area contributed by atoms with Gasteiger partial charge in [-0.05, 0) is 24.3 Å². The molecule has 1 aliphatic heterocycles. The molecule has 0 saturated carbocycles. The first-order valence-corrected chi connectivity index (χ1v) is 9.67. The number of nitrogens with zero attached hydrogens (tertiary/aromatic N) is 3. The molecule has 1 fully saturated rings. The highest BCUT2D eigenvalue weighted by Gasteiger charge is 2.33. The van der Waals surface area contributed by atoms with Gasteiger partial charge in [-0.3, -0.25) is 0 Å². The summed E-state index contributed by atoms with van der Waals surface area (Å²) in [4.78, 5) is 4.42. The number of rotatable bonds is 4. The van der Waals surface area contributed by atoms with Gasteiger partial charge in [-0.15, -0.1) is 11.3 Å². The van der Waals surface area contributed by atoms with E-state index in [1.807, 2.05) is 13.8 Å². The van der Waals surface area contributed by atoms with Crippen molar-refractivity contribution < 1.29 is 12.9 Å². The third-order valence-electron chi connectivity index (χ3n) is 3.80. The minimum Gasteiger partial charge on any atom is -0.339 e. The Morgan fingerprint density at radius 3 is 2.91 bits per heavy atom. The second kappa shape index (κ2) is 6.10. The zero-order chi connectivity index (χ0) is 15.7. The van der Waals surface area contributed by atoms with Crippen LogP contribution in [0.15, 0.2) is 26.2 Å². The van der Waals surface area contributed by atoms with Gasteiger partial charge in [-0.1, -0.05) is 25.1 Å². The Morgan fingerprint density at radius 1 is 1.45 bits per heavy atom. The number of aromatic nitrogens is 2. The van der Waals surface area contributed by atoms with Crippen molar-refractivity contribution >= 4 is 21.4 Å². The van der Waals surface area contributed by atoms with Gasteiger partial charge in [0.05, 0.1) is 5.92 Å². The van der Waals surface area contributed by atoms with Crippen molar-refractivity contribution in [2.24, 2.45) is 0 Å². The van der Waals surface area contributed by atoms with Gasteiger partial charge >= 0.3 is 0 Å². The number of hydrogen-bond donors (Lipinski definition) is 0. The molecule has 6 nitrogen and oxygen atoms in total. The molecule has 3 rings (SSSR count). The SMILES string of the molecule is CC(C)c1noc(C2CCCN(S(=O)(=O)c3cccs3)C2)n1. The molecule has 0 aromatic carbocycles. The Balaban J connectivity index is 1.79. The van der Waals surface area contributed by atoms with Crippen molar-refractivity contribution in [3.63, 3.8) is 0 Å². The number of piperidine rings is 1. The van der Waals surface area contributed by atoms with Crippen molar-refractivity contribution in [2.75, 3.05) is 13.1 Å². The lowest BCUT2D eigenvalue weighted by Gasteiger charge is -2.29. The van der Waals surface area contributed by atoms with Crippen LogP contribution in [0.1, 0.15) is 50.2 Å². The Kier molecular flexibility index (Phi) is 4.33. The first kappa shape index (κ1) is 15.6. The Morgan fingerprint density at radius 2 is 2.27 bits per heavy atom. The summed E-state index contributed by atoms with van der Waals surface area (Å²) in [7, 11) is -3.41. The fourth-order valence-electron chi connectivity index (χ4n) is 2.55. The van der Waals surface area contributed by atoms with E-state index in [4.69, 9.17) is 4.52 Å².